The average Bonchev–Trinajstić information content (AvgIpc) is 3.34. The Labute approximate surface area is 188 Å². The van der Waals surface area contributed by atoms with Crippen molar-refractivity contribution in [2.45, 2.75) is 38.5 Å². The molecule has 0 aliphatic carbocycles. The van der Waals surface area contributed by atoms with Crippen LogP contribution in [0.25, 0.3) is 0 Å². The van der Waals surface area contributed by atoms with Crippen molar-refractivity contribution in [1.82, 2.24) is 15.0 Å². The van der Waals surface area contributed by atoms with E-state index < -0.39 is 0 Å². The van der Waals surface area contributed by atoms with Crippen LogP contribution in [0.4, 0.5) is 5.69 Å². The van der Waals surface area contributed by atoms with Crippen molar-refractivity contribution in [2.75, 3.05) is 13.6 Å². The zero-order valence-corrected chi connectivity index (χ0v) is 19.5. The normalized spacial score (nSPS) is 12.6. The number of benzene rings is 2. The number of hydrogen-bond donors (Lipinski definition) is 2. The molecule has 6 nitrogen and oxygen atoms in total. The molecular weight excluding hydrogens is 408 g/mol. The van der Waals surface area contributed by atoms with E-state index in [9.17, 15) is 4.79 Å². The second kappa shape index (κ2) is 12.7. The predicted octanol–water partition coefficient (Wildman–Crippen LogP) is 5.19. The van der Waals surface area contributed by atoms with E-state index >= 15 is 0 Å². The van der Waals surface area contributed by atoms with Crippen molar-refractivity contribution < 1.29 is 9.21 Å². The Bertz CT molecular complexity index is 970. The summed E-state index contributed by atoms with van der Waals surface area (Å²) in [6.07, 6.45) is 4.02. The third kappa shape index (κ3) is 7.08. The van der Waals surface area contributed by atoms with Gasteiger partial charge in [-0.3, -0.25) is 4.79 Å². The third-order valence-electron chi connectivity index (χ3n) is 4.37. The number of oxazole rings is 1. The standard InChI is InChI=1S/C13H16N2O.C9H8N2OS.C2H6/c1-10-3-5-11(6-4-10)12(9-14-2)13-15-7-8-16-13;1-6-2-3-7-8(4-6)13-11-9(5-12)10-7;1-2/h3-8,12,14H,9H2,1-2H3;2-5H,1H3,(H,10,11);1-2H3. The lowest BCUT2D eigenvalue weighted by Crippen LogP contribution is -2.19. The maximum atomic E-state index is 10.4. The zero-order chi connectivity index (χ0) is 22.6. The first kappa shape index (κ1) is 24.4. The van der Waals surface area contributed by atoms with Gasteiger partial charge < -0.3 is 14.5 Å². The number of fused-ring (bicyclic) bond motifs is 1. The molecule has 4 rings (SSSR count). The summed E-state index contributed by atoms with van der Waals surface area (Å²) >= 11 is 1.42. The number of hydrogen-bond acceptors (Lipinski definition) is 7. The molecule has 1 atom stereocenters. The molecule has 7 heteroatoms. The highest BCUT2D eigenvalue weighted by molar-refractivity contribution is 7.98. The number of nitrogens with zero attached hydrogens (tertiary/aromatic N) is 2. The highest BCUT2D eigenvalue weighted by Gasteiger charge is 2.17. The van der Waals surface area contributed by atoms with Crippen LogP contribution in [0.15, 0.2) is 69.2 Å². The Morgan fingerprint density at radius 2 is 1.84 bits per heavy atom. The molecule has 0 amide bonds. The van der Waals surface area contributed by atoms with Crippen LogP contribution in [0, 0.1) is 13.8 Å². The fraction of sp³-hybridized carbons (Fsp3) is 0.292. The van der Waals surface area contributed by atoms with Gasteiger partial charge in [-0.25, -0.2) is 9.98 Å². The molecule has 0 bridgehead atoms. The van der Waals surface area contributed by atoms with Crippen molar-refractivity contribution in [1.29, 1.82) is 0 Å². The van der Waals surface area contributed by atoms with Gasteiger partial charge in [0.15, 0.2) is 12.1 Å². The van der Waals surface area contributed by atoms with Crippen molar-refractivity contribution in [2.24, 2.45) is 4.99 Å². The molecule has 0 spiro atoms. The number of aromatic nitrogens is 1. The van der Waals surface area contributed by atoms with Crippen LogP contribution in [0.5, 0.6) is 0 Å². The van der Waals surface area contributed by atoms with Crippen LogP contribution in [0.2, 0.25) is 0 Å². The number of aryl methyl sites for hydroxylation is 2. The van der Waals surface area contributed by atoms with E-state index in [0.29, 0.717) is 5.84 Å². The molecule has 0 saturated carbocycles. The van der Waals surface area contributed by atoms with Crippen molar-refractivity contribution in [3.8, 4) is 0 Å². The summed E-state index contributed by atoms with van der Waals surface area (Å²) in [6, 6.07) is 14.4. The lowest BCUT2D eigenvalue weighted by atomic mass is 9.98. The number of aldehydes is 1. The van der Waals surface area contributed by atoms with E-state index in [-0.39, 0.29) is 5.92 Å². The molecule has 0 radical (unpaired) electrons. The molecule has 1 aliphatic heterocycles. The first-order valence-corrected chi connectivity index (χ1v) is 11.1. The van der Waals surface area contributed by atoms with Gasteiger partial charge in [0.25, 0.3) is 0 Å². The molecule has 2 N–H and O–H groups in total. The van der Waals surface area contributed by atoms with Gasteiger partial charge in [0.1, 0.15) is 6.26 Å². The number of likely N-dealkylation sites (N-methyl/N-ethyl adjacent to an activating group) is 1. The molecular formula is C24H30N4O2S. The number of aliphatic imine (C=N–C) groups is 1. The minimum absolute atomic E-state index is 0.181. The fourth-order valence-corrected chi connectivity index (χ4v) is 3.63. The van der Waals surface area contributed by atoms with Gasteiger partial charge >= 0.3 is 0 Å². The van der Waals surface area contributed by atoms with E-state index in [4.69, 9.17) is 4.42 Å². The van der Waals surface area contributed by atoms with Gasteiger partial charge in [-0.2, -0.15) is 0 Å². The largest absolute Gasteiger partial charge is 0.448 e. The van der Waals surface area contributed by atoms with Gasteiger partial charge in [0.2, 0.25) is 5.89 Å². The molecule has 2 aromatic carbocycles. The monoisotopic (exact) mass is 438 g/mol. The Hall–Kier alpha value is -2.90. The Morgan fingerprint density at radius 1 is 1.13 bits per heavy atom. The summed E-state index contributed by atoms with van der Waals surface area (Å²) in [6.45, 7) is 8.94. The summed E-state index contributed by atoms with van der Waals surface area (Å²) in [4.78, 5) is 19.8. The van der Waals surface area contributed by atoms with Crippen molar-refractivity contribution >= 4 is 29.8 Å². The van der Waals surface area contributed by atoms with Gasteiger partial charge in [-0.1, -0.05) is 49.7 Å². The van der Waals surface area contributed by atoms with Crippen molar-refractivity contribution in [3.05, 3.63) is 77.5 Å². The van der Waals surface area contributed by atoms with Crippen molar-refractivity contribution in [3.63, 3.8) is 0 Å². The zero-order valence-electron chi connectivity index (χ0n) is 18.7. The Balaban J connectivity index is 0.000000208. The Morgan fingerprint density at radius 3 is 2.45 bits per heavy atom. The van der Waals surface area contributed by atoms with E-state index in [0.717, 1.165) is 29.3 Å². The van der Waals surface area contributed by atoms with Crippen LogP contribution < -0.4 is 10.0 Å². The van der Waals surface area contributed by atoms with Gasteiger partial charge in [0, 0.05) is 6.54 Å². The SMILES string of the molecule is CC.CNCC(c1ccc(C)cc1)c1ncco1.Cc1ccc2c(c1)SNC(C=O)=N2. The maximum Gasteiger partial charge on any atom is 0.202 e. The average molecular weight is 439 g/mol. The number of rotatable bonds is 5. The second-order valence-electron chi connectivity index (χ2n) is 6.68. The van der Waals surface area contributed by atoms with Crippen LogP contribution in [-0.4, -0.2) is 30.7 Å². The van der Waals surface area contributed by atoms with Crippen LogP contribution in [0.1, 0.15) is 42.3 Å². The third-order valence-corrected chi connectivity index (χ3v) is 5.23. The van der Waals surface area contributed by atoms with Crippen LogP contribution >= 0.6 is 11.9 Å². The van der Waals surface area contributed by atoms with E-state index in [1.807, 2.05) is 46.0 Å². The molecule has 31 heavy (non-hydrogen) atoms. The van der Waals surface area contributed by atoms with E-state index in [2.05, 4.69) is 51.2 Å². The number of carbonyl (C=O) groups is 1. The fourth-order valence-electron chi connectivity index (χ4n) is 2.86. The number of nitrogens with one attached hydrogen (secondary N) is 2. The molecule has 2 heterocycles. The van der Waals surface area contributed by atoms with Crippen LogP contribution in [-0.2, 0) is 4.79 Å². The molecule has 0 fully saturated rings. The molecule has 3 aromatic rings. The van der Waals surface area contributed by atoms with Gasteiger partial charge in [-0.05, 0) is 56.1 Å². The van der Waals surface area contributed by atoms with E-state index in [1.54, 1.807) is 12.5 Å². The lowest BCUT2D eigenvalue weighted by Gasteiger charge is -2.13. The molecule has 1 unspecified atom stereocenters. The summed E-state index contributed by atoms with van der Waals surface area (Å²) in [5, 5.41) is 3.17. The topological polar surface area (TPSA) is 79.5 Å². The first-order valence-electron chi connectivity index (χ1n) is 10.3. The van der Waals surface area contributed by atoms with Gasteiger partial charge in [-0.15, -0.1) is 0 Å². The molecule has 0 saturated heterocycles. The molecule has 1 aliphatic rings. The summed E-state index contributed by atoms with van der Waals surface area (Å²) in [5.74, 6) is 1.32. The maximum absolute atomic E-state index is 10.4. The summed E-state index contributed by atoms with van der Waals surface area (Å²) in [7, 11) is 1.93. The lowest BCUT2D eigenvalue weighted by molar-refractivity contribution is -0.102. The molecule has 1 aromatic heterocycles. The second-order valence-corrected chi connectivity index (χ2v) is 7.53. The minimum atomic E-state index is 0.181. The smallest absolute Gasteiger partial charge is 0.202 e. The molecule has 164 valence electrons. The summed E-state index contributed by atoms with van der Waals surface area (Å²) in [5.41, 5.74) is 4.54. The highest BCUT2D eigenvalue weighted by Crippen LogP contribution is 2.31. The minimum Gasteiger partial charge on any atom is -0.448 e. The predicted molar refractivity (Wildman–Crippen MR) is 128 cm³/mol. The first-order chi connectivity index (χ1) is 15.1. The van der Waals surface area contributed by atoms with Crippen LogP contribution in [0.3, 0.4) is 0 Å². The van der Waals surface area contributed by atoms with E-state index in [1.165, 1.54) is 28.6 Å². The Kier molecular flexibility index (Phi) is 10.00. The number of carbonyl (C=O) groups excluding carboxylic acids is 1. The summed E-state index contributed by atoms with van der Waals surface area (Å²) < 4.78 is 8.23. The highest BCUT2D eigenvalue weighted by atomic mass is 32.2. The van der Waals surface area contributed by atoms with Gasteiger partial charge in [0.05, 0.1) is 22.7 Å². The number of amidine groups is 1. The quantitative estimate of drug-likeness (QED) is 0.421.